The van der Waals surface area contributed by atoms with Crippen molar-refractivity contribution in [2.45, 2.75) is 9.79 Å². The number of oxazole rings is 1. The van der Waals surface area contributed by atoms with Crippen LogP contribution in [-0.4, -0.2) is 13.4 Å². The van der Waals surface area contributed by atoms with Crippen molar-refractivity contribution in [1.29, 1.82) is 0 Å². The Morgan fingerprint density at radius 1 is 1.00 bits per heavy atom. The third kappa shape index (κ3) is 2.18. The van der Waals surface area contributed by atoms with E-state index in [4.69, 9.17) is 27.6 Å². The van der Waals surface area contributed by atoms with E-state index in [1.165, 1.54) is 24.3 Å². The van der Waals surface area contributed by atoms with Crippen molar-refractivity contribution in [3.8, 4) is 0 Å². The normalized spacial score (nSPS) is 11.9. The molecule has 0 N–H and O–H groups in total. The fourth-order valence-corrected chi connectivity index (χ4v) is 3.64. The van der Waals surface area contributed by atoms with E-state index in [0.717, 1.165) is 0 Å². The number of hydrogen-bond acceptors (Lipinski definition) is 4. The van der Waals surface area contributed by atoms with Gasteiger partial charge >= 0.3 is 0 Å². The van der Waals surface area contributed by atoms with Crippen molar-refractivity contribution in [1.82, 2.24) is 4.98 Å². The molecule has 0 radical (unpaired) electrons. The number of nitrogens with zero attached hydrogens (tertiary/aromatic N) is 1. The maximum Gasteiger partial charge on any atom is 0.293 e. The van der Waals surface area contributed by atoms with Gasteiger partial charge in [-0.2, -0.15) is 4.98 Å². The van der Waals surface area contributed by atoms with E-state index >= 15 is 0 Å². The van der Waals surface area contributed by atoms with E-state index in [1.807, 2.05) is 0 Å². The van der Waals surface area contributed by atoms with E-state index in [-0.39, 0.29) is 25.7 Å². The van der Waals surface area contributed by atoms with Crippen LogP contribution >= 0.6 is 23.2 Å². The van der Waals surface area contributed by atoms with Gasteiger partial charge in [-0.15, -0.1) is 0 Å². The predicted octanol–water partition coefficient (Wildman–Crippen LogP) is 3.97. The molecule has 2 aromatic carbocycles. The highest BCUT2D eigenvalue weighted by atomic mass is 35.5. The van der Waals surface area contributed by atoms with Gasteiger partial charge < -0.3 is 4.42 Å². The molecular formula is C13H7Cl2NO3S. The Bertz CT molecular complexity index is 889. The molecule has 1 heterocycles. The summed E-state index contributed by atoms with van der Waals surface area (Å²) in [5, 5.41) is 0.0626. The quantitative estimate of drug-likeness (QED) is 0.714. The van der Waals surface area contributed by atoms with E-state index in [0.29, 0.717) is 5.52 Å². The Kier molecular flexibility index (Phi) is 3.20. The van der Waals surface area contributed by atoms with Crippen LogP contribution < -0.4 is 0 Å². The molecule has 0 saturated carbocycles. The molecule has 20 heavy (non-hydrogen) atoms. The topological polar surface area (TPSA) is 60.2 Å². The Balaban J connectivity index is 2.24. The van der Waals surface area contributed by atoms with Crippen molar-refractivity contribution in [2.75, 3.05) is 0 Å². The fraction of sp³-hybridized carbons (Fsp3) is 0. The standard InChI is InChI=1S/C13H7Cl2NO3S/c14-10-6-9(7-11-12(10)19-13(15)16-11)20(17,18)8-4-2-1-3-5-8/h1-7H. The van der Waals surface area contributed by atoms with Gasteiger partial charge in [0.15, 0.2) is 5.58 Å². The molecule has 0 aliphatic carbocycles. The van der Waals surface area contributed by atoms with Crippen molar-refractivity contribution in [2.24, 2.45) is 0 Å². The van der Waals surface area contributed by atoms with Crippen LogP contribution in [0.25, 0.3) is 11.1 Å². The van der Waals surface area contributed by atoms with Crippen LogP contribution in [0.2, 0.25) is 10.4 Å². The van der Waals surface area contributed by atoms with Crippen LogP contribution in [0.15, 0.2) is 56.7 Å². The zero-order valence-electron chi connectivity index (χ0n) is 9.88. The second-order valence-electron chi connectivity index (χ2n) is 4.04. The molecule has 0 saturated heterocycles. The van der Waals surface area contributed by atoms with E-state index in [1.54, 1.807) is 18.2 Å². The lowest BCUT2D eigenvalue weighted by atomic mass is 10.3. The summed E-state index contributed by atoms with van der Waals surface area (Å²) in [5.74, 6) is 0. The molecule has 4 nitrogen and oxygen atoms in total. The molecule has 3 aromatic rings. The van der Waals surface area contributed by atoms with Crippen LogP contribution in [0, 0.1) is 0 Å². The Hall–Kier alpha value is -1.56. The van der Waals surface area contributed by atoms with Crippen molar-refractivity contribution in [3.63, 3.8) is 0 Å². The summed E-state index contributed by atoms with van der Waals surface area (Å²) in [6.45, 7) is 0. The van der Waals surface area contributed by atoms with Gasteiger partial charge in [0.1, 0.15) is 5.52 Å². The monoisotopic (exact) mass is 327 g/mol. The number of hydrogen-bond donors (Lipinski definition) is 0. The second-order valence-corrected chi connectivity index (χ2v) is 6.72. The maximum absolute atomic E-state index is 12.5. The number of fused-ring (bicyclic) bond motifs is 1. The molecule has 0 bridgehead atoms. The van der Waals surface area contributed by atoms with Crippen molar-refractivity contribution in [3.05, 3.63) is 52.8 Å². The smallest absolute Gasteiger partial charge is 0.293 e. The summed E-state index contributed by atoms with van der Waals surface area (Å²) < 4.78 is 30.1. The number of sulfone groups is 1. The van der Waals surface area contributed by atoms with Crippen LogP contribution in [0.4, 0.5) is 0 Å². The summed E-state index contributed by atoms with van der Waals surface area (Å²) in [6, 6.07) is 10.8. The average Bonchev–Trinajstić information content (AvgIpc) is 2.81. The molecule has 0 aliphatic rings. The zero-order chi connectivity index (χ0) is 14.3. The predicted molar refractivity (Wildman–Crippen MR) is 75.9 cm³/mol. The van der Waals surface area contributed by atoms with E-state index in [9.17, 15) is 8.42 Å². The SMILES string of the molecule is O=S(=O)(c1ccccc1)c1cc(Cl)c2oc(Cl)nc2c1. The molecule has 0 amide bonds. The van der Waals surface area contributed by atoms with Gasteiger partial charge in [0.05, 0.1) is 14.8 Å². The third-order valence-electron chi connectivity index (χ3n) is 2.76. The van der Waals surface area contributed by atoms with Gasteiger partial charge in [-0.25, -0.2) is 8.42 Å². The maximum atomic E-state index is 12.5. The second kappa shape index (κ2) is 4.77. The molecule has 0 spiro atoms. The van der Waals surface area contributed by atoms with Gasteiger partial charge in [-0.05, 0) is 35.9 Å². The summed E-state index contributed by atoms with van der Waals surface area (Å²) in [4.78, 5) is 4.12. The Labute approximate surface area is 124 Å². The molecule has 3 rings (SSSR count). The lowest BCUT2D eigenvalue weighted by molar-refractivity contribution is 0.596. The average molecular weight is 328 g/mol. The summed E-state index contributed by atoms with van der Waals surface area (Å²) in [5.41, 5.74) is 0.570. The van der Waals surface area contributed by atoms with Gasteiger partial charge in [0.2, 0.25) is 9.84 Å². The van der Waals surface area contributed by atoms with Gasteiger partial charge in [-0.1, -0.05) is 29.8 Å². The number of aromatic nitrogens is 1. The van der Waals surface area contributed by atoms with Gasteiger partial charge in [-0.3, -0.25) is 0 Å². The largest absolute Gasteiger partial charge is 0.426 e. The minimum Gasteiger partial charge on any atom is -0.426 e. The first kappa shape index (κ1) is 13.4. The molecule has 0 atom stereocenters. The van der Waals surface area contributed by atoms with Crippen LogP contribution in [-0.2, 0) is 9.84 Å². The zero-order valence-corrected chi connectivity index (χ0v) is 12.2. The minimum atomic E-state index is -3.65. The number of halogens is 2. The van der Waals surface area contributed by atoms with E-state index < -0.39 is 9.84 Å². The highest BCUT2D eigenvalue weighted by Gasteiger charge is 2.20. The van der Waals surface area contributed by atoms with Gasteiger partial charge in [0.25, 0.3) is 5.35 Å². The first-order valence-corrected chi connectivity index (χ1v) is 7.78. The summed E-state index contributed by atoms with van der Waals surface area (Å²) >= 11 is 11.7. The first-order valence-electron chi connectivity index (χ1n) is 5.54. The van der Waals surface area contributed by atoms with Crippen LogP contribution in [0.1, 0.15) is 0 Å². The molecule has 0 fully saturated rings. The molecule has 102 valence electrons. The fourth-order valence-electron chi connectivity index (χ4n) is 1.83. The summed E-state index contributed by atoms with van der Waals surface area (Å²) in [7, 11) is -3.65. The molecule has 1 aromatic heterocycles. The Morgan fingerprint density at radius 2 is 1.70 bits per heavy atom. The highest BCUT2D eigenvalue weighted by molar-refractivity contribution is 7.91. The molecule has 0 unspecified atom stereocenters. The minimum absolute atomic E-state index is 0.0474. The molecule has 0 aliphatic heterocycles. The first-order chi connectivity index (χ1) is 9.48. The van der Waals surface area contributed by atoms with E-state index in [2.05, 4.69) is 4.98 Å². The highest BCUT2D eigenvalue weighted by Crippen LogP contribution is 2.31. The van der Waals surface area contributed by atoms with Crippen molar-refractivity contribution >= 4 is 44.1 Å². The summed E-state index contributed by atoms with van der Waals surface area (Å²) in [6.07, 6.45) is 0. The van der Waals surface area contributed by atoms with Gasteiger partial charge in [0, 0.05) is 0 Å². The number of benzene rings is 2. The Morgan fingerprint density at radius 3 is 2.40 bits per heavy atom. The van der Waals surface area contributed by atoms with Crippen molar-refractivity contribution < 1.29 is 12.8 Å². The molecular weight excluding hydrogens is 321 g/mol. The molecule has 7 heteroatoms. The van der Waals surface area contributed by atoms with Crippen LogP contribution in [0.3, 0.4) is 0 Å². The van der Waals surface area contributed by atoms with Crippen LogP contribution in [0.5, 0.6) is 0 Å². The lowest BCUT2D eigenvalue weighted by Crippen LogP contribution is -2.01. The number of rotatable bonds is 2. The third-order valence-corrected chi connectivity index (χ3v) is 4.95. The lowest BCUT2D eigenvalue weighted by Gasteiger charge is -2.04.